The van der Waals surface area contributed by atoms with Gasteiger partial charge < -0.3 is 4.74 Å². The smallest absolute Gasteiger partial charge is 0.340 e. The van der Waals surface area contributed by atoms with Gasteiger partial charge in [-0.05, 0) is 38.5 Å². The van der Waals surface area contributed by atoms with E-state index >= 15 is 0 Å². The summed E-state index contributed by atoms with van der Waals surface area (Å²) in [6, 6.07) is 6.86. The number of carbonyl (C=O) groups is 1. The molecule has 0 aliphatic heterocycles. The summed E-state index contributed by atoms with van der Waals surface area (Å²) in [5, 5.41) is 5.05. The summed E-state index contributed by atoms with van der Waals surface area (Å²) in [7, 11) is 0. The van der Waals surface area contributed by atoms with E-state index in [1.807, 2.05) is 26.8 Å². The normalized spacial score (nSPS) is 11.4. The molecule has 0 saturated heterocycles. The molecule has 0 bridgehead atoms. The minimum atomic E-state index is -0.530. The quantitative estimate of drug-likeness (QED) is 0.508. The molecule has 0 spiro atoms. The van der Waals surface area contributed by atoms with Gasteiger partial charge in [-0.15, -0.1) is 0 Å². The average molecular weight is 377 g/mol. The van der Waals surface area contributed by atoms with Gasteiger partial charge in [0.15, 0.2) is 5.65 Å². The first-order valence-corrected chi connectivity index (χ1v) is 8.92. The van der Waals surface area contributed by atoms with Gasteiger partial charge in [-0.2, -0.15) is 5.10 Å². The molecule has 0 N–H and O–H groups in total. The molecule has 0 aromatic carbocycles. The summed E-state index contributed by atoms with van der Waals surface area (Å²) in [5.74, 6) is -0.530. The van der Waals surface area contributed by atoms with Crippen LogP contribution in [0.1, 0.15) is 41.5 Å². The summed E-state index contributed by atoms with van der Waals surface area (Å²) in [5.41, 5.74) is 2.68. The summed E-state index contributed by atoms with van der Waals surface area (Å²) < 4.78 is 8.58. The van der Waals surface area contributed by atoms with Crippen LogP contribution in [0.25, 0.3) is 16.7 Å². The molecule has 0 unspecified atom stereocenters. The van der Waals surface area contributed by atoms with E-state index in [4.69, 9.17) is 4.74 Å². The zero-order valence-electron chi connectivity index (χ0n) is 15.8. The number of hydrogen-bond acceptors (Lipinski definition) is 6. The summed E-state index contributed by atoms with van der Waals surface area (Å²) in [6.45, 7) is 5.83. The molecule has 0 saturated carbocycles. The van der Waals surface area contributed by atoms with Crippen molar-refractivity contribution in [1.29, 1.82) is 0 Å². The SMILES string of the molecule is Cc1ccc2nc(COC(=O)c3cnc4c(cnn4C(C)C)c3)cc(=O)n2c1. The Morgan fingerprint density at radius 2 is 2.04 bits per heavy atom. The van der Waals surface area contributed by atoms with Gasteiger partial charge in [0, 0.05) is 29.9 Å². The van der Waals surface area contributed by atoms with Crippen molar-refractivity contribution in [3.05, 3.63) is 70.0 Å². The number of rotatable bonds is 4. The van der Waals surface area contributed by atoms with E-state index in [0.29, 0.717) is 22.6 Å². The lowest BCUT2D eigenvalue weighted by molar-refractivity contribution is 0.0467. The molecule has 0 radical (unpaired) electrons. The third kappa shape index (κ3) is 3.24. The van der Waals surface area contributed by atoms with Gasteiger partial charge in [-0.1, -0.05) is 6.07 Å². The summed E-state index contributed by atoms with van der Waals surface area (Å²) >= 11 is 0. The molecule has 0 fully saturated rings. The predicted octanol–water partition coefficient (Wildman–Crippen LogP) is 2.69. The zero-order valence-corrected chi connectivity index (χ0v) is 15.8. The van der Waals surface area contributed by atoms with E-state index in [2.05, 4.69) is 15.1 Å². The van der Waals surface area contributed by atoms with Gasteiger partial charge in [-0.25, -0.2) is 19.4 Å². The monoisotopic (exact) mass is 377 g/mol. The van der Waals surface area contributed by atoms with Crippen LogP contribution in [0.2, 0.25) is 0 Å². The van der Waals surface area contributed by atoms with Gasteiger partial charge >= 0.3 is 5.97 Å². The summed E-state index contributed by atoms with van der Waals surface area (Å²) in [6.07, 6.45) is 4.86. The van der Waals surface area contributed by atoms with Crippen molar-refractivity contribution in [3.8, 4) is 0 Å². The number of pyridine rings is 2. The van der Waals surface area contributed by atoms with Crippen LogP contribution in [0.4, 0.5) is 0 Å². The van der Waals surface area contributed by atoms with Crippen molar-refractivity contribution in [1.82, 2.24) is 24.1 Å². The van der Waals surface area contributed by atoms with Crippen LogP contribution in [0.3, 0.4) is 0 Å². The van der Waals surface area contributed by atoms with Crippen molar-refractivity contribution in [2.24, 2.45) is 0 Å². The second-order valence-electron chi connectivity index (χ2n) is 6.92. The Balaban J connectivity index is 1.54. The first kappa shape index (κ1) is 17.8. The maximum absolute atomic E-state index is 12.4. The number of aromatic nitrogens is 5. The Bertz CT molecular complexity index is 1260. The highest BCUT2D eigenvalue weighted by Crippen LogP contribution is 2.17. The third-order valence-electron chi connectivity index (χ3n) is 4.37. The second kappa shape index (κ2) is 6.88. The molecule has 142 valence electrons. The lowest BCUT2D eigenvalue weighted by Crippen LogP contribution is -2.17. The van der Waals surface area contributed by atoms with Crippen LogP contribution in [0, 0.1) is 6.92 Å². The van der Waals surface area contributed by atoms with E-state index in [1.54, 1.807) is 29.2 Å². The molecule has 8 nitrogen and oxygen atoms in total. The minimum Gasteiger partial charge on any atom is -0.456 e. The van der Waals surface area contributed by atoms with E-state index in [0.717, 1.165) is 10.9 Å². The highest BCUT2D eigenvalue weighted by molar-refractivity contribution is 5.92. The van der Waals surface area contributed by atoms with Crippen molar-refractivity contribution >= 4 is 22.6 Å². The van der Waals surface area contributed by atoms with Crippen LogP contribution < -0.4 is 5.56 Å². The van der Waals surface area contributed by atoms with Crippen LogP contribution in [0.15, 0.2) is 47.7 Å². The molecular weight excluding hydrogens is 358 g/mol. The van der Waals surface area contributed by atoms with Crippen LogP contribution >= 0.6 is 0 Å². The van der Waals surface area contributed by atoms with Crippen LogP contribution in [-0.2, 0) is 11.3 Å². The fourth-order valence-corrected chi connectivity index (χ4v) is 2.98. The number of esters is 1. The van der Waals surface area contributed by atoms with Crippen molar-refractivity contribution in [2.45, 2.75) is 33.4 Å². The van der Waals surface area contributed by atoms with Gasteiger partial charge in [0.05, 0.1) is 17.5 Å². The molecule has 4 heterocycles. The predicted molar refractivity (Wildman–Crippen MR) is 103 cm³/mol. The fourth-order valence-electron chi connectivity index (χ4n) is 2.98. The van der Waals surface area contributed by atoms with E-state index in [-0.39, 0.29) is 18.2 Å². The topological polar surface area (TPSA) is 91.4 Å². The van der Waals surface area contributed by atoms with Gasteiger partial charge in [-0.3, -0.25) is 9.20 Å². The number of ether oxygens (including phenoxy) is 1. The van der Waals surface area contributed by atoms with E-state index in [9.17, 15) is 9.59 Å². The Morgan fingerprint density at radius 3 is 2.82 bits per heavy atom. The Hall–Kier alpha value is -3.55. The molecular formula is C20H19N5O3. The highest BCUT2D eigenvalue weighted by Gasteiger charge is 2.13. The molecule has 0 amide bonds. The van der Waals surface area contributed by atoms with Crippen LogP contribution in [-0.4, -0.2) is 30.1 Å². The lowest BCUT2D eigenvalue weighted by atomic mass is 10.2. The molecule has 28 heavy (non-hydrogen) atoms. The maximum atomic E-state index is 12.4. The van der Waals surface area contributed by atoms with E-state index < -0.39 is 5.97 Å². The number of carbonyl (C=O) groups excluding carboxylic acids is 1. The fraction of sp³-hybridized carbons (Fsp3) is 0.250. The highest BCUT2D eigenvalue weighted by atomic mass is 16.5. The molecule has 0 atom stereocenters. The van der Waals surface area contributed by atoms with Crippen LogP contribution in [0.5, 0.6) is 0 Å². The number of fused-ring (bicyclic) bond motifs is 2. The maximum Gasteiger partial charge on any atom is 0.340 e. The standard InChI is InChI=1S/C20H19N5O3/c1-12(2)25-19-14(9-22-25)6-15(8-21-19)20(27)28-11-16-7-18(26)24-10-13(3)4-5-17(24)23-16/h4-10,12H,11H2,1-3H3. The van der Waals surface area contributed by atoms with Gasteiger partial charge in [0.2, 0.25) is 0 Å². The van der Waals surface area contributed by atoms with E-state index in [1.165, 1.54) is 16.7 Å². The molecule has 4 rings (SSSR count). The summed E-state index contributed by atoms with van der Waals surface area (Å²) in [4.78, 5) is 33.3. The molecule has 0 aliphatic rings. The average Bonchev–Trinajstić information content (AvgIpc) is 3.10. The van der Waals surface area contributed by atoms with Gasteiger partial charge in [0.1, 0.15) is 12.3 Å². The number of nitrogens with zero attached hydrogens (tertiary/aromatic N) is 5. The molecule has 0 aliphatic carbocycles. The number of hydrogen-bond donors (Lipinski definition) is 0. The Labute approximate surface area is 160 Å². The third-order valence-corrected chi connectivity index (χ3v) is 4.37. The van der Waals surface area contributed by atoms with Gasteiger partial charge in [0.25, 0.3) is 5.56 Å². The second-order valence-corrected chi connectivity index (χ2v) is 6.92. The minimum absolute atomic E-state index is 0.0955. The zero-order chi connectivity index (χ0) is 19.8. The lowest BCUT2D eigenvalue weighted by Gasteiger charge is -2.08. The first-order chi connectivity index (χ1) is 13.4. The number of aryl methyl sites for hydroxylation is 1. The van der Waals surface area contributed by atoms with Crippen molar-refractivity contribution in [3.63, 3.8) is 0 Å². The first-order valence-electron chi connectivity index (χ1n) is 8.92. The molecule has 4 aromatic rings. The van der Waals surface area contributed by atoms with Crippen molar-refractivity contribution in [2.75, 3.05) is 0 Å². The van der Waals surface area contributed by atoms with Crippen molar-refractivity contribution < 1.29 is 9.53 Å². The molecule has 4 aromatic heterocycles. The Kier molecular flexibility index (Phi) is 4.38. The Morgan fingerprint density at radius 1 is 1.21 bits per heavy atom. The largest absolute Gasteiger partial charge is 0.456 e. The molecule has 8 heteroatoms.